The molecule has 9 heteroatoms. The predicted octanol–water partition coefficient (Wildman–Crippen LogP) is 0.349. The average molecular weight is 357 g/mol. The first-order chi connectivity index (χ1) is 11.3. The quantitative estimate of drug-likeness (QED) is 0.767. The molecule has 8 nitrogen and oxygen atoms in total. The number of carbonyl (C=O) groups is 2. The minimum atomic E-state index is -3.61. The Kier molecular flexibility index (Phi) is 5.66. The first-order valence-corrected chi connectivity index (χ1v) is 9.34. The Morgan fingerprint density at radius 1 is 1.42 bits per heavy atom. The van der Waals surface area contributed by atoms with Crippen LogP contribution >= 0.6 is 0 Å². The molecule has 134 valence electrons. The van der Waals surface area contributed by atoms with Gasteiger partial charge in [0, 0.05) is 26.3 Å². The normalized spacial score (nSPS) is 18.5. The van der Waals surface area contributed by atoms with Crippen molar-refractivity contribution in [3.05, 3.63) is 18.0 Å². The van der Waals surface area contributed by atoms with Gasteiger partial charge in [-0.1, -0.05) is 0 Å². The van der Waals surface area contributed by atoms with Gasteiger partial charge in [-0.3, -0.25) is 9.59 Å². The summed E-state index contributed by atoms with van der Waals surface area (Å²) in [5.41, 5.74) is 0.272. The van der Waals surface area contributed by atoms with Gasteiger partial charge < -0.3 is 14.2 Å². The van der Waals surface area contributed by atoms with Crippen LogP contribution in [0.2, 0.25) is 0 Å². The third kappa shape index (κ3) is 3.78. The molecular formula is C15H23N3O5S. The molecule has 1 amide bonds. The number of sulfonamides is 1. The van der Waals surface area contributed by atoms with Crippen LogP contribution in [0, 0.1) is 5.92 Å². The van der Waals surface area contributed by atoms with E-state index in [0.717, 1.165) is 0 Å². The van der Waals surface area contributed by atoms with Gasteiger partial charge in [0.2, 0.25) is 10.0 Å². The largest absolute Gasteiger partial charge is 0.466 e. The topological polar surface area (TPSA) is 97.7 Å². The Balaban J connectivity index is 2.18. The summed E-state index contributed by atoms with van der Waals surface area (Å²) in [7, 11) is -0.674. The summed E-state index contributed by atoms with van der Waals surface area (Å²) in [5, 5.41) is 0. The molecule has 1 aromatic rings. The minimum Gasteiger partial charge on any atom is -0.466 e. The van der Waals surface area contributed by atoms with Gasteiger partial charge in [-0.25, -0.2) is 13.1 Å². The van der Waals surface area contributed by atoms with E-state index in [9.17, 15) is 18.0 Å². The molecule has 0 unspecified atom stereocenters. The molecular weight excluding hydrogens is 334 g/mol. The maximum atomic E-state index is 12.7. The number of nitrogens with zero attached hydrogens (tertiary/aromatic N) is 2. The number of hydrogen-bond acceptors (Lipinski definition) is 5. The van der Waals surface area contributed by atoms with Crippen molar-refractivity contribution in [2.75, 3.05) is 26.7 Å². The first kappa shape index (κ1) is 18.5. The van der Waals surface area contributed by atoms with Crippen LogP contribution in [0.15, 0.2) is 17.2 Å². The zero-order valence-electron chi connectivity index (χ0n) is 14.1. The van der Waals surface area contributed by atoms with E-state index in [1.807, 2.05) is 0 Å². The van der Waals surface area contributed by atoms with E-state index >= 15 is 0 Å². The van der Waals surface area contributed by atoms with Gasteiger partial charge in [0.15, 0.2) is 0 Å². The summed E-state index contributed by atoms with van der Waals surface area (Å²) in [6, 6.07) is 1.35. The molecule has 0 spiro atoms. The summed E-state index contributed by atoms with van der Waals surface area (Å²) >= 11 is 0. The summed E-state index contributed by atoms with van der Waals surface area (Å²) in [6.45, 7) is 2.88. The number of ether oxygens (including phenoxy) is 1. The number of aromatic nitrogens is 1. The highest BCUT2D eigenvalue weighted by molar-refractivity contribution is 7.89. The molecule has 24 heavy (non-hydrogen) atoms. The van der Waals surface area contributed by atoms with Crippen LogP contribution in [-0.4, -0.2) is 56.5 Å². The number of amides is 1. The van der Waals surface area contributed by atoms with Crippen molar-refractivity contribution in [1.82, 2.24) is 14.2 Å². The van der Waals surface area contributed by atoms with Crippen molar-refractivity contribution < 1.29 is 22.7 Å². The Bertz CT molecular complexity index is 725. The fourth-order valence-corrected chi connectivity index (χ4v) is 3.59. The van der Waals surface area contributed by atoms with Gasteiger partial charge in [-0.05, 0) is 32.9 Å². The highest BCUT2D eigenvalue weighted by atomic mass is 32.2. The number of piperidine rings is 1. The van der Waals surface area contributed by atoms with E-state index in [1.54, 1.807) is 18.9 Å². The van der Waals surface area contributed by atoms with E-state index < -0.39 is 10.0 Å². The second-order valence-electron chi connectivity index (χ2n) is 5.72. The fraction of sp³-hybridized carbons (Fsp3) is 0.600. The highest BCUT2D eigenvalue weighted by Gasteiger charge is 2.31. The molecule has 1 aliphatic rings. The second-order valence-corrected chi connectivity index (χ2v) is 7.61. The summed E-state index contributed by atoms with van der Waals surface area (Å²) in [4.78, 5) is 26.2. The number of carbonyl (C=O) groups excluding carboxylic acids is 2. The third-order valence-electron chi connectivity index (χ3n) is 4.11. The number of esters is 1. The summed E-state index contributed by atoms with van der Waals surface area (Å²) in [6.07, 6.45) is 2.79. The number of likely N-dealkylation sites (tertiary alicyclic amines) is 1. The molecule has 1 atom stereocenters. The van der Waals surface area contributed by atoms with E-state index in [2.05, 4.69) is 4.72 Å². The van der Waals surface area contributed by atoms with Crippen LogP contribution in [0.25, 0.3) is 0 Å². The molecule has 1 fully saturated rings. The van der Waals surface area contributed by atoms with Gasteiger partial charge in [0.25, 0.3) is 5.91 Å². The van der Waals surface area contributed by atoms with Crippen molar-refractivity contribution in [3.63, 3.8) is 0 Å². The van der Waals surface area contributed by atoms with E-state index in [0.29, 0.717) is 26.0 Å². The summed E-state index contributed by atoms with van der Waals surface area (Å²) in [5.74, 6) is -0.909. The monoisotopic (exact) mass is 357 g/mol. The first-order valence-electron chi connectivity index (χ1n) is 7.86. The highest BCUT2D eigenvalue weighted by Crippen LogP contribution is 2.21. The van der Waals surface area contributed by atoms with Gasteiger partial charge >= 0.3 is 5.97 Å². The van der Waals surface area contributed by atoms with Crippen LogP contribution in [0.1, 0.15) is 30.3 Å². The molecule has 0 aromatic carbocycles. The number of nitrogens with one attached hydrogen (secondary N) is 1. The molecule has 1 aliphatic heterocycles. The number of hydrogen-bond donors (Lipinski definition) is 1. The Hall–Kier alpha value is -1.87. The average Bonchev–Trinajstić information content (AvgIpc) is 2.97. The maximum Gasteiger partial charge on any atom is 0.310 e. The molecule has 0 aliphatic carbocycles. The van der Waals surface area contributed by atoms with E-state index in [4.69, 9.17) is 4.74 Å². The third-order valence-corrected chi connectivity index (χ3v) is 5.49. The second kappa shape index (κ2) is 7.35. The van der Waals surface area contributed by atoms with Gasteiger partial charge in [-0.2, -0.15) is 0 Å². The molecule has 1 aromatic heterocycles. The van der Waals surface area contributed by atoms with Crippen LogP contribution < -0.4 is 4.72 Å². The smallest absolute Gasteiger partial charge is 0.310 e. The standard InChI is InChI=1S/C15H23N3O5S/c1-4-23-15(20)11-6-5-7-18(9-11)14(19)13-8-12(10-17(13)3)24(21,22)16-2/h8,10-11,16H,4-7,9H2,1-3H3/t11-/m0/s1. The van der Waals surface area contributed by atoms with Crippen LogP contribution in [0.3, 0.4) is 0 Å². The lowest BCUT2D eigenvalue weighted by molar-refractivity contribution is -0.149. The molecule has 2 rings (SSSR count). The zero-order chi connectivity index (χ0) is 17.9. The minimum absolute atomic E-state index is 0.0369. The Labute approximate surface area is 141 Å². The fourth-order valence-electron chi connectivity index (χ4n) is 2.79. The lowest BCUT2D eigenvalue weighted by Crippen LogP contribution is -2.43. The van der Waals surface area contributed by atoms with E-state index in [1.165, 1.54) is 23.9 Å². The van der Waals surface area contributed by atoms with Crippen LogP contribution in [0.4, 0.5) is 0 Å². The summed E-state index contributed by atoms with van der Waals surface area (Å²) < 4.78 is 32.5. The zero-order valence-corrected chi connectivity index (χ0v) is 14.9. The van der Waals surface area contributed by atoms with Gasteiger partial charge in [0.05, 0.1) is 12.5 Å². The maximum absolute atomic E-state index is 12.7. The van der Waals surface area contributed by atoms with Crippen molar-refractivity contribution in [2.24, 2.45) is 13.0 Å². The number of rotatable bonds is 5. The Morgan fingerprint density at radius 2 is 2.12 bits per heavy atom. The van der Waals surface area contributed by atoms with Crippen LogP contribution in [-0.2, 0) is 26.6 Å². The predicted molar refractivity (Wildman–Crippen MR) is 86.9 cm³/mol. The molecule has 1 N–H and O–H groups in total. The van der Waals surface area contributed by atoms with Crippen molar-refractivity contribution in [3.8, 4) is 0 Å². The van der Waals surface area contributed by atoms with Crippen LogP contribution in [0.5, 0.6) is 0 Å². The van der Waals surface area contributed by atoms with Gasteiger partial charge in [0.1, 0.15) is 10.6 Å². The molecule has 1 saturated heterocycles. The van der Waals surface area contributed by atoms with E-state index in [-0.39, 0.29) is 34.9 Å². The molecule has 0 radical (unpaired) electrons. The lowest BCUT2D eigenvalue weighted by Gasteiger charge is -2.31. The number of aryl methyl sites for hydroxylation is 1. The Morgan fingerprint density at radius 3 is 2.75 bits per heavy atom. The van der Waals surface area contributed by atoms with Crippen molar-refractivity contribution in [2.45, 2.75) is 24.7 Å². The van der Waals surface area contributed by atoms with Crippen molar-refractivity contribution >= 4 is 21.9 Å². The van der Waals surface area contributed by atoms with Gasteiger partial charge in [-0.15, -0.1) is 0 Å². The SMILES string of the molecule is CCOC(=O)[C@H]1CCCN(C(=O)c2cc(S(=O)(=O)NC)cn2C)C1. The molecule has 2 heterocycles. The molecule has 0 bridgehead atoms. The molecule has 0 saturated carbocycles. The van der Waals surface area contributed by atoms with Crippen molar-refractivity contribution in [1.29, 1.82) is 0 Å². The lowest BCUT2D eigenvalue weighted by atomic mass is 9.98.